The second-order valence-electron chi connectivity index (χ2n) is 8.49. The number of benzene rings is 1. The molecule has 1 aromatic rings. The Morgan fingerprint density at radius 2 is 1.37 bits per heavy atom. The number of carbonyl (C=O) groups is 5. The highest BCUT2D eigenvalue weighted by Crippen LogP contribution is 2.12. The van der Waals surface area contributed by atoms with E-state index in [1.807, 2.05) is 0 Å². The molecule has 4 atom stereocenters. The van der Waals surface area contributed by atoms with Crippen LogP contribution in [0, 0.1) is 0 Å². The van der Waals surface area contributed by atoms with Crippen molar-refractivity contribution >= 4 is 29.7 Å². The predicted molar refractivity (Wildman–Crippen MR) is 137 cm³/mol. The normalized spacial score (nSPS) is 16.8. The molecule has 1 aliphatic rings. The van der Waals surface area contributed by atoms with Crippen LogP contribution in [0.25, 0.3) is 0 Å². The molecular formula is C24H40N4O10. The van der Waals surface area contributed by atoms with Crippen molar-refractivity contribution in [2.45, 2.75) is 82.5 Å². The second kappa shape index (κ2) is 20.5. The SMILES string of the molecule is CC(N)C(=O)O.NC(CCC(=O)O)C(=O)O.NC(Cc1ccc(O)cc1)C(=O)O.NC1CCCCCC1=O. The summed E-state index contributed by atoms with van der Waals surface area (Å²) in [5, 5.41) is 41.6. The number of rotatable bonds is 8. The molecule has 1 saturated carbocycles. The molecule has 38 heavy (non-hydrogen) atoms. The molecule has 2 rings (SSSR count). The Balaban J connectivity index is 0. The van der Waals surface area contributed by atoms with Crippen LogP contribution in [0.1, 0.15) is 57.4 Å². The van der Waals surface area contributed by atoms with Gasteiger partial charge in [-0.1, -0.05) is 25.0 Å². The van der Waals surface area contributed by atoms with Gasteiger partial charge in [-0.2, -0.15) is 0 Å². The van der Waals surface area contributed by atoms with E-state index >= 15 is 0 Å². The highest BCUT2D eigenvalue weighted by atomic mass is 16.4. The first-order valence-corrected chi connectivity index (χ1v) is 11.8. The maximum absolute atomic E-state index is 10.9. The van der Waals surface area contributed by atoms with Crippen molar-refractivity contribution in [3.8, 4) is 5.75 Å². The number of phenolic OH excluding ortho intramolecular Hbond substituents is 1. The van der Waals surface area contributed by atoms with E-state index in [1.165, 1.54) is 25.5 Å². The van der Waals surface area contributed by atoms with Crippen LogP contribution < -0.4 is 22.9 Å². The maximum atomic E-state index is 10.9. The number of ketones is 1. The smallest absolute Gasteiger partial charge is 0.320 e. The lowest BCUT2D eigenvalue weighted by Crippen LogP contribution is -2.32. The van der Waals surface area contributed by atoms with Gasteiger partial charge < -0.3 is 48.5 Å². The van der Waals surface area contributed by atoms with E-state index in [0.717, 1.165) is 24.8 Å². The highest BCUT2D eigenvalue weighted by Gasteiger charge is 2.15. The summed E-state index contributed by atoms with van der Waals surface area (Å²) in [7, 11) is 0. The zero-order valence-corrected chi connectivity index (χ0v) is 21.4. The molecule has 0 aromatic heterocycles. The average Bonchev–Trinajstić information content (AvgIpc) is 3.03. The number of carbonyl (C=O) groups excluding carboxylic acids is 1. The predicted octanol–water partition coefficient (Wildman–Crippen LogP) is -0.125. The summed E-state index contributed by atoms with van der Waals surface area (Å²) in [6, 6.07) is 3.49. The molecule has 0 spiro atoms. The number of hydrogen-bond donors (Lipinski definition) is 9. The third-order valence-corrected chi connectivity index (χ3v) is 4.94. The number of hydrogen-bond acceptors (Lipinski definition) is 10. The molecule has 216 valence electrons. The fraction of sp³-hybridized carbons (Fsp3) is 0.542. The van der Waals surface area contributed by atoms with Crippen LogP contribution >= 0.6 is 0 Å². The molecule has 13 N–H and O–H groups in total. The quantitative estimate of drug-likeness (QED) is 0.193. The molecule has 1 fully saturated rings. The maximum Gasteiger partial charge on any atom is 0.320 e. The third-order valence-electron chi connectivity index (χ3n) is 4.94. The van der Waals surface area contributed by atoms with Crippen molar-refractivity contribution in [2.75, 3.05) is 0 Å². The number of carboxylic acid groups (broad SMARTS) is 4. The molecule has 1 aliphatic carbocycles. The number of aliphatic carboxylic acids is 4. The molecule has 4 unspecified atom stereocenters. The molecule has 14 nitrogen and oxygen atoms in total. The van der Waals surface area contributed by atoms with Gasteiger partial charge in [-0.15, -0.1) is 0 Å². The summed E-state index contributed by atoms with van der Waals surface area (Å²) in [6.45, 7) is 1.42. The lowest BCUT2D eigenvalue weighted by Gasteiger charge is -2.05. The van der Waals surface area contributed by atoms with Crippen molar-refractivity contribution in [1.82, 2.24) is 0 Å². The molecule has 0 bridgehead atoms. The minimum Gasteiger partial charge on any atom is -0.508 e. The van der Waals surface area contributed by atoms with Crippen molar-refractivity contribution in [1.29, 1.82) is 0 Å². The number of nitrogens with two attached hydrogens (primary N) is 4. The molecule has 0 saturated heterocycles. The standard InChI is InChI=1S/C9H11NO3.C7H13NO.C5H9NO4.C3H7NO2/c10-8(9(12)13)5-6-1-3-7(11)4-2-6;8-6-4-2-1-3-5-7(6)9;6-3(5(9)10)1-2-4(7)8;1-2(4)3(5)6/h1-4,8,11H,5,10H2,(H,12,13);6H,1-5,8H2;3H,1-2,6H2,(H,7,8)(H,9,10);2H,4H2,1H3,(H,5,6). The van der Waals surface area contributed by atoms with Crippen LogP contribution in [-0.2, 0) is 30.4 Å². The van der Waals surface area contributed by atoms with E-state index in [4.69, 9.17) is 48.5 Å². The molecular weight excluding hydrogens is 504 g/mol. The summed E-state index contributed by atoms with van der Waals surface area (Å²) in [5.74, 6) is -3.76. The Hall–Kier alpha value is -3.59. The summed E-state index contributed by atoms with van der Waals surface area (Å²) >= 11 is 0. The van der Waals surface area contributed by atoms with Gasteiger partial charge in [0.15, 0.2) is 0 Å². The molecule has 0 aliphatic heterocycles. The lowest BCUT2D eigenvalue weighted by atomic mass is 10.1. The van der Waals surface area contributed by atoms with Crippen molar-refractivity contribution < 1.29 is 49.5 Å². The Bertz CT molecular complexity index is 877. The van der Waals surface area contributed by atoms with Crippen molar-refractivity contribution in [3.05, 3.63) is 29.8 Å². The van der Waals surface area contributed by atoms with Gasteiger partial charge in [0, 0.05) is 12.8 Å². The molecule has 0 radical (unpaired) electrons. The summed E-state index contributed by atoms with van der Waals surface area (Å²) in [5.41, 5.74) is 21.5. The highest BCUT2D eigenvalue weighted by molar-refractivity contribution is 5.83. The fourth-order valence-corrected chi connectivity index (χ4v) is 2.56. The van der Waals surface area contributed by atoms with Gasteiger partial charge in [0.1, 0.15) is 29.7 Å². The lowest BCUT2D eigenvalue weighted by molar-refractivity contribution is -0.140. The van der Waals surface area contributed by atoms with Gasteiger partial charge in [-0.05, 0) is 50.3 Å². The average molecular weight is 545 g/mol. The van der Waals surface area contributed by atoms with Crippen LogP contribution in [0.5, 0.6) is 5.75 Å². The van der Waals surface area contributed by atoms with Gasteiger partial charge in [-0.3, -0.25) is 24.0 Å². The van der Waals surface area contributed by atoms with E-state index in [2.05, 4.69) is 0 Å². The minimum absolute atomic E-state index is 0.0231. The Morgan fingerprint density at radius 1 is 0.868 bits per heavy atom. The van der Waals surface area contributed by atoms with E-state index < -0.39 is 42.0 Å². The first-order valence-electron chi connectivity index (χ1n) is 11.8. The topological polar surface area (TPSA) is 291 Å². The molecule has 14 heteroatoms. The Morgan fingerprint density at radius 3 is 1.79 bits per heavy atom. The largest absolute Gasteiger partial charge is 0.508 e. The van der Waals surface area contributed by atoms with E-state index in [1.54, 1.807) is 12.1 Å². The van der Waals surface area contributed by atoms with E-state index in [9.17, 15) is 24.0 Å². The number of carboxylic acids is 4. The van der Waals surface area contributed by atoms with Crippen LogP contribution in [0.3, 0.4) is 0 Å². The summed E-state index contributed by atoms with van der Waals surface area (Å²) < 4.78 is 0. The fourth-order valence-electron chi connectivity index (χ4n) is 2.56. The zero-order valence-electron chi connectivity index (χ0n) is 21.4. The van der Waals surface area contributed by atoms with Gasteiger partial charge in [-0.25, -0.2) is 0 Å². The van der Waals surface area contributed by atoms with Crippen LogP contribution in [0.15, 0.2) is 24.3 Å². The summed E-state index contributed by atoms with van der Waals surface area (Å²) in [4.78, 5) is 50.7. The number of phenols is 1. The van der Waals surface area contributed by atoms with Crippen LogP contribution in [0.2, 0.25) is 0 Å². The van der Waals surface area contributed by atoms with Gasteiger partial charge in [0.05, 0.1) is 6.04 Å². The van der Waals surface area contributed by atoms with Gasteiger partial charge in [0.25, 0.3) is 0 Å². The first kappa shape index (κ1) is 36.6. The van der Waals surface area contributed by atoms with Crippen LogP contribution in [0.4, 0.5) is 0 Å². The third kappa shape index (κ3) is 20.6. The number of Topliss-reactive ketones (excluding diaryl/α,β-unsaturated/α-hetero) is 1. The second-order valence-corrected chi connectivity index (χ2v) is 8.49. The monoisotopic (exact) mass is 544 g/mol. The minimum atomic E-state index is -1.17. The van der Waals surface area contributed by atoms with Crippen molar-refractivity contribution in [3.63, 3.8) is 0 Å². The van der Waals surface area contributed by atoms with Crippen molar-refractivity contribution in [2.24, 2.45) is 22.9 Å². The van der Waals surface area contributed by atoms with Crippen LogP contribution in [-0.4, -0.2) is 79.4 Å². The Labute approximate surface area is 220 Å². The number of aromatic hydroxyl groups is 1. The summed E-state index contributed by atoms with van der Waals surface area (Å²) in [6.07, 6.45) is 5.02. The first-order chi connectivity index (χ1) is 17.6. The molecule has 1 aromatic carbocycles. The zero-order chi connectivity index (χ0) is 29.8. The molecule has 0 amide bonds. The Kier molecular flexibility index (Phi) is 19.7. The van der Waals surface area contributed by atoms with E-state index in [0.29, 0.717) is 6.42 Å². The van der Waals surface area contributed by atoms with Gasteiger partial charge in [0.2, 0.25) is 0 Å². The van der Waals surface area contributed by atoms with Gasteiger partial charge >= 0.3 is 23.9 Å². The molecule has 0 heterocycles. The van der Waals surface area contributed by atoms with E-state index in [-0.39, 0.29) is 36.8 Å².